The molecule has 37 heavy (non-hydrogen) atoms. The Hall–Kier alpha value is -3.75. The molecule has 0 fully saturated rings. The summed E-state index contributed by atoms with van der Waals surface area (Å²) in [6, 6.07) is 19.9. The fraction of sp³-hybridized carbons (Fsp3) is 0.179. The van der Waals surface area contributed by atoms with E-state index in [2.05, 4.69) is 5.32 Å². The van der Waals surface area contributed by atoms with Crippen LogP contribution in [0.4, 0.5) is 0 Å². The van der Waals surface area contributed by atoms with Gasteiger partial charge in [-0.2, -0.15) is 0 Å². The molecule has 1 aromatic heterocycles. The zero-order chi connectivity index (χ0) is 25.8. The first-order valence-corrected chi connectivity index (χ1v) is 13.0. The molecule has 3 aromatic rings. The second-order valence-corrected chi connectivity index (χ2v) is 9.75. The monoisotopic (exact) mass is 533 g/mol. The summed E-state index contributed by atoms with van der Waals surface area (Å²) in [6.45, 7) is 2.22. The number of ether oxygens (including phenoxy) is 1. The van der Waals surface area contributed by atoms with Crippen molar-refractivity contribution in [2.45, 2.75) is 32.5 Å². The molecule has 0 saturated heterocycles. The summed E-state index contributed by atoms with van der Waals surface area (Å²) in [5.74, 6) is 0.00813. The van der Waals surface area contributed by atoms with Gasteiger partial charge in [0.05, 0.1) is 36.5 Å². The molecule has 1 N–H and O–H groups in total. The molecule has 1 amide bonds. The standard InChI is InChI=1S/C28H24ClN3O4S/c1-18-25(27(34)36-16-19-8-3-2-4-9-19)26(22-11-5-6-12-23(22)29)32-20(17-37-28(32)31-18)14-24(33)30-15-21-10-7-13-35-21/h2-13,17,26H,14-16H2,1H3,(H,30,33)/t26-/m0/s1. The highest BCUT2D eigenvalue weighted by molar-refractivity contribution is 8.16. The molecule has 0 aliphatic carbocycles. The average molecular weight is 534 g/mol. The van der Waals surface area contributed by atoms with Crippen LogP contribution in [0.3, 0.4) is 0 Å². The van der Waals surface area contributed by atoms with Crippen molar-refractivity contribution in [3.8, 4) is 0 Å². The minimum Gasteiger partial charge on any atom is -0.467 e. The van der Waals surface area contributed by atoms with Crippen LogP contribution in [0.15, 0.2) is 105 Å². The first-order valence-electron chi connectivity index (χ1n) is 11.7. The molecule has 2 aliphatic rings. The van der Waals surface area contributed by atoms with Crippen molar-refractivity contribution in [1.29, 1.82) is 0 Å². The summed E-state index contributed by atoms with van der Waals surface area (Å²) in [7, 11) is 0. The first kappa shape index (κ1) is 24.9. The number of hydrogen-bond acceptors (Lipinski definition) is 7. The van der Waals surface area contributed by atoms with E-state index < -0.39 is 12.0 Å². The van der Waals surface area contributed by atoms with E-state index in [0.717, 1.165) is 11.1 Å². The fourth-order valence-corrected chi connectivity index (χ4v) is 5.45. The van der Waals surface area contributed by atoms with Crippen LogP contribution in [0.2, 0.25) is 5.02 Å². The van der Waals surface area contributed by atoms with Crippen LogP contribution in [0.25, 0.3) is 0 Å². The number of carbonyl (C=O) groups is 2. The number of hydrogen-bond donors (Lipinski definition) is 1. The molecule has 2 aromatic carbocycles. The van der Waals surface area contributed by atoms with Crippen molar-refractivity contribution >= 4 is 40.4 Å². The van der Waals surface area contributed by atoms with Gasteiger partial charge in [0.2, 0.25) is 5.91 Å². The Morgan fingerprint density at radius 3 is 2.65 bits per heavy atom. The number of allylic oxidation sites excluding steroid dienone is 1. The van der Waals surface area contributed by atoms with E-state index in [1.807, 2.05) is 58.8 Å². The van der Waals surface area contributed by atoms with Crippen LogP contribution in [-0.2, 0) is 27.5 Å². The zero-order valence-electron chi connectivity index (χ0n) is 20.0. The van der Waals surface area contributed by atoms with Crippen LogP contribution in [0.5, 0.6) is 0 Å². The SMILES string of the molecule is CC1=C(C(=O)OCc2ccccc2)[C@H](c2ccccc2Cl)N2C(CC(=O)NCc3ccco3)=CSC2=N1. The molecule has 0 unspecified atom stereocenters. The van der Waals surface area contributed by atoms with Gasteiger partial charge in [-0.3, -0.25) is 4.79 Å². The lowest BCUT2D eigenvalue weighted by Gasteiger charge is -2.36. The first-order chi connectivity index (χ1) is 18.0. The van der Waals surface area contributed by atoms with Gasteiger partial charge < -0.3 is 19.4 Å². The van der Waals surface area contributed by atoms with E-state index in [1.54, 1.807) is 31.4 Å². The maximum absolute atomic E-state index is 13.5. The molecular weight excluding hydrogens is 510 g/mol. The van der Waals surface area contributed by atoms with E-state index >= 15 is 0 Å². The molecule has 7 nitrogen and oxygen atoms in total. The molecule has 2 aliphatic heterocycles. The lowest BCUT2D eigenvalue weighted by Crippen LogP contribution is -2.38. The number of thioether (sulfide) groups is 1. The van der Waals surface area contributed by atoms with E-state index in [0.29, 0.717) is 32.9 Å². The molecule has 5 rings (SSSR count). The lowest BCUT2D eigenvalue weighted by molar-refractivity contribution is -0.141. The number of fused-ring (bicyclic) bond motifs is 1. The van der Waals surface area contributed by atoms with Crippen molar-refractivity contribution in [3.63, 3.8) is 0 Å². The summed E-state index contributed by atoms with van der Waals surface area (Å²) in [5, 5.41) is 5.95. The number of benzene rings is 2. The van der Waals surface area contributed by atoms with E-state index in [4.69, 9.17) is 25.7 Å². The highest BCUT2D eigenvalue weighted by atomic mass is 35.5. The number of furan rings is 1. The maximum atomic E-state index is 13.5. The van der Waals surface area contributed by atoms with Crippen LogP contribution >= 0.6 is 23.4 Å². The minimum atomic E-state index is -0.594. The third-order valence-electron chi connectivity index (χ3n) is 6.01. The summed E-state index contributed by atoms with van der Waals surface area (Å²) >= 11 is 8.05. The summed E-state index contributed by atoms with van der Waals surface area (Å²) < 4.78 is 11.0. The fourth-order valence-electron chi connectivity index (χ4n) is 4.25. The quantitative estimate of drug-likeness (QED) is 0.360. The van der Waals surface area contributed by atoms with E-state index in [1.165, 1.54) is 11.8 Å². The van der Waals surface area contributed by atoms with Gasteiger partial charge in [-0.25, -0.2) is 9.79 Å². The number of nitrogens with one attached hydrogen (secondary N) is 1. The van der Waals surface area contributed by atoms with Crippen LogP contribution in [-0.4, -0.2) is 21.9 Å². The van der Waals surface area contributed by atoms with Crippen LogP contribution in [0, 0.1) is 0 Å². The Kier molecular flexibility index (Phi) is 7.48. The Morgan fingerprint density at radius 1 is 1.11 bits per heavy atom. The van der Waals surface area contributed by atoms with Gasteiger partial charge in [-0.05, 0) is 41.7 Å². The average Bonchev–Trinajstić information content (AvgIpc) is 3.56. The Bertz CT molecular complexity index is 1400. The van der Waals surface area contributed by atoms with Gasteiger partial charge in [0, 0.05) is 10.7 Å². The number of amides is 1. The normalized spacial score (nSPS) is 16.7. The van der Waals surface area contributed by atoms with Gasteiger partial charge in [0.15, 0.2) is 5.17 Å². The predicted molar refractivity (Wildman–Crippen MR) is 143 cm³/mol. The molecule has 3 heterocycles. The number of halogens is 1. The van der Waals surface area contributed by atoms with Crippen molar-refractivity contribution in [3.05, 3.63) is 117 Å². The molecule has 0 radical (unpaired) electrons. The van der Waals surface area contributed by atoms with Crippen molar-refractivity contribution in [1.82, 2.24) is 10.2 Å². The van der Waals surface area contributed by atoms with Crippen molar-refractivity contribution < 1.29 is 18.7 Å². The van der Waals surface area contributed by atoms with E-state index in [-0.39, 0.29) is 25.5 Å². The Morgan fingerprint density at radius 2 is 1.89 bits per heavy atom. The zero-order valence-corrected chi connectivity index (χ0v) is 21.6. The van der Waals surface area contributed by atoms with Gasteiger partial charge in [-0.15, -0.1) is 0 Å². The molecule has 0 saturated carbocycles. The number of esters is 1. The largest absolute Gasteiger partial charge is 0.467 e. The highest BCUT2D eigenvalue weighted by Gasteiger charge is 2.41. The van der Waals surface area contributed by atoms with Gasteiger partial charge in [-0.1, -0.05) is 71.9 Å². The van der Waals surface area contributed by atoms with Crippen molar-refractivity contribution in [2.24, 2.45) is 4.99 Å². The number of amidine groups is 1. The third-order valence-corrected chi connectivity index (χ3v) is 7.25. The van der Waals surface area contributed by atoms with Gasteiger partial charge >= 0.3 is 5.97 Å². The molecular formula is C28H24ClN3O4S. The smallest absolute Gasteiger partial charge is 0.338 e. The summed E-state index contributed by atoms with van der Waals surface area (Å²) in [6.07, 6.45) is 1.66. The summed E-state index contributed by atoms with van der Waals surface area (Å²) in [5.41, 5.74) is 3.27. The molecule has 0 spiro atoms. The lowest BCUT2D eigenvalue weighted by atomic mass is 9.93. The van der Waals surface area contributed by atoms with Crippen LogP contribution < -0.4 is 5.32 Å². The number of rotatable bonds is 8. The van der Waals surface area contributed by atoms with Gasteiger partial charge in [0.1, 0.15) is 12.4 Å². The Balaban J connectivity index is 1.42. The third kappa shape index (κ3) is 5.50. The number of aliphatic imine (C=N–C) groups is 1. The minimum absolute atomic E-state index is 0.0963. The molecule has 1 atom stereocenters. The summed E-state index contributed by atoms with van der Waals surface area (Å²) in [4.78, 5) is 32.9. The second-order valence-electron chi connectivity index (χ2n) is 8.51. The molecule has 9 heteroatoms. The van der Waals surface area contributed by atoms with Crippen molar-refractivity contribution in [2.75, 3.05) is 0 Å². The number of nitrogens with zero attached hydrogens (tertiary/aromatic N) is 2. The highest BCUT2D eigenvalue weighted by Crippen LogP contribution is 2.46. The maximum Gasteiger partial charge on any atom is 0.338 e. The van der Waals surface area contributed by atoms with E-state index in [9.17, 15) is 9.59 Å². The molecule has 188 valence electrons. The molecule has 0 bridgehead atoms. The second kappa shape index (κ2) is 11.1. The predicted octanol–water partition coefficient (Wildman–Crippen LogP) is 5.96. The number of carbonyl (C=O) groups excluding carboxylic acids is 2. The van der Waals surface area contributed by atoms with Gasteiger partial charge in [0.25, 0.3) is 0 Å². The topological polar surface area (TPSA) is 84.1 Å². The van der Waals surface area contributed by atoms with Crippen LogP contribution in [0.1, 0.15) is 36.3 Å². The Labute approximate surface area is 223 Å².